The third-order valence-electron chi connectivity index (χ3n) is 3.44. The Morgan fingerprint density at radius 1 is 1.04 bits per heavy atom. The molecule has 0 saturated heterocycles. The zero-order valence-corrected chi connectivity index (χ0v) is 15.8. The van der Waals surface area contributed by atoms with Crippen LogP contribution in [0.5, 0.6) is 0 Å². The quantitative estimate of drug-likeness (QED) is 0.861. The van der Waals surface area contributed by atoms with Crippen molar-refractivity contribution in [2.24, 2.45) is 0 Å². The van der Waals surface area contributed by atoms with Crippen molar-refractivity contribution in [3.63, 3.8) is 0 Å². The van der Waals surface area contributed by atoms with Crippen LogP contribution < -0.4 is 10.0 Å². The van der Waals surface area contributed by atoms with Gasteiger partial charge >= 0.3 is 0 Å². The van der Waals surface area contributed by atoms with Gasteiger partial charge in [0.2, 0.25) is 10.0 Å². The van der Waals surface area contributed by atoms with Gasteiger partial charge in [-0.25, -0.2) is 13.1 Å². The van der Waals surface area contributed by atoms with Gasteiger partial charge in [0.25, 0.3) is 5.91 Å². The molecule has 0 radical (unpaired) electrons. The van der Waals surface area contributed by atoms with Gasteiger partial charge in [-0.3, -0.25) is 4.79 Å². The zero-order chi connectivity index (χ0) is 18.7. The second-order valence-corrected chi connectivity index (χ2v) is 8.81. The van der Waals surface area contributed by atoms with Crippen molar-refractivity contribution in [1.29, 1.82) is 0 Å². The van der Waals surface area contributed by atoms with Gasteiger partial charge < -0.3 is 5.32 Å². The van der Waals surface area contributed by atoms with E-state index in [9.17, 15) is 13.2 Å². The summed E-state index contributed by atoms with van der Waals surface area (Å²) in [7, 11) is -3.70. The van der Waals surface area contributed by atoms with E-state index in [-0.39, 0.29) is 17.3 Å². The van der Waals surface area contributed by atoms with Crippen LogP contribution in [0.4, 0.5) is 0 Å². The molecular weight excluding hydrogens is 336 g/mol. The highest BCUT2D eigenvalue weighted by Crippen LogP contribution is 2.14. The number of nitrogens with one attached hydrogen (secondary N) is 2. The molecule has 0 aromatic heterocycles. The Morgan fingerprint density at radius 3 is 2.36 bits per heavy atom. The van der Waals surface area contributed by atoms with Gasteiger partial charge in [0.15, 0.2) is 0 Å². The molecule has 25 heavy (non-hydrogen) atoms. The van der Waals surface area contributed by atoms with Crippen molar-refractivity contribution in [1.82, 2.24) is 10.0 Å². The first-order chi connectivity index (χ1) is 11.6. The molecule has 2 aromatic carbocycles. The molecule has 1 amide bonds. The Kier molecular flexibility index (Phi) is 5.65. The summed E-state index contributed by atoms with van der Waals surface area (Å²) < 4.78 is 27.6. The number of benzene rings is 2. The third kappa shape index (κ3) is 5.69. The highest BCUT2D eigenvalue weighted by molar-refractivity contribution is 7.89. The number of sulfonamides is 1. The second-order valence-electron chi connectivity index (χ2n) is 7.05. The number of aryl methyl sites for hydroxylation is 1. The van der Waals surface area contributed by atoms with E-state index in [1.165, 1.54) is 12.1 Å². The summed E-state index contributed by atoms with van der Waals surface area (Å²) in [4.78, 5) is 12.3. The van der Waals surface area contributed by atoms with Crippen molar-refractivity contribution in [3.8, 4) is 0 Å². The first kappa shape index (κ1) is 19.1. The molecule has 0 bridgehead atoms. The maximum atomic E-state index is 12.5. The predicted octanol–water partition coefficient (Wildman–Crippen LogP) is 3.00. The zero-order valence-electron chi connectivity index (χ0n) is 15.0. The topological polar surface area (TPSA) is 75.3 Å². The van der Waals surface area contributed by atoms with E-state index < -0.39 is 15.6 Å². The number of rotatable bonds is 5. The van der Waals surface area contributed by atoms with E-state index in [4.69, 9.17) is 0 Å². The van der Waals surface area contributed by atoms with Crippen LogP contribution in [0.15, 0.2) is 53.4 Å². The summed E-state index contributed by atoms with van der Waals surface area (Å²) in [6, 6.07) is 13.7. The minimum atomic E-state index is -3.70. The van der Waals surface area contributed by atoms with E-state index in [1.54, 1.807) is 12.1 Å². The lowest BCUT2D eigenvalue weighted by Gasteiger charge is -2.20. The number of carbonyl (C=O) groups excluding carboxylic acids is 1. The average Bonchev–Trinajstić information content (AvgIpc) is 2.52. The molecule has 0 aliphatic carbocycles. The molecule has 2 aromatic rings. The molecule has 0 fully saturated rings. The van der Waals surface area contributed by atoms with E-state index in [2.05, 4.69) is 10.0 Å². The number of amides is 1. The Morgan fingerprint density at radius 2 is 1.72 bits per heavy atom. The van der Waals surface area contributed by atoms with Crippen LogP contribution in [-0.2, 0) is 16.6 Å². The van der Waals surface area contributed by atoms with Crippen molar-refractivity contribution < 1.29 is 13.2 Å². The third-order valence-corrected chi connectivity index (χ3v) is 4.84. The maximum Gasteiger partial charge on any atom is 0.251 e. The summed E-state index contributed by atoms with van der Waals surface area (Å²) in [5.74, 6) is -0.303. The smallest absolute Gasteiger partial charge is 0.251 e. The first-order valence-electron chi connectivity index (χ1n) is 8.05. The van der Waals surface area contributed by atoms with Gasteiger partial charge in [-0.2, -0.15) is 0 Å². The minimum Gasteiger partial charge on any atom is -0.347 e. The molecule has 0 saturated carbocycles. The monoisotopic (exact) mass is 360 g/mol. The molecule has 134 valence electrons. The van der Waals surface area contributed by atoms with Gasteiger partial charge in [-0.15, -0.1) is 0 Å². The lowest BCUT2D eigenvalue weighted by atomic mass is 10.1. The van der Waals surface area contributed by atoms with E-state index in [0.29, 0.717) is 5.56 Å². The Bertz CT molecular complexity index is 868. The first-order valence-corrected chi connectivity index (χ1v) is 9.53. The van der Waals surface area contributed by atoms with E-state index >= 15 is 0 Å². The molecule has 0 aliphatic heterocycles. The van der Waals surface area contributed by atoms with Gasteiger partial charge in [0.05, 0.1) is 4.90 Å². The lowest BCUT2D eigenvalue weighted by Crippen LogP contribution is -2.40. The molecule has 2 rings (SSSR count). The van der Waals surface area contributed by atoms with Gasteiger partial charge in [0.1, 0.15) is 0 Å². The molecule has 5 nitrogen and oxygen atoms in total. The molecule has 2 N–H and O–H groups in total. The summed E-state index contributed by atoms with van der Waals surface area (Å²) in [5, 5.41) is 2.82. The molecule has 0 aliphatic rings. The molecule has 0 spiro atoms. The second kappa shape index (κ2) is 7.37. The summed E-state index contributed by atoms with van der Waals surface area (Å²) in [6.45, 7) is 7.76. The van der Waals surface area contributed by atoms with Crippen LogP contribution in [0.25, 0.3) is 0 Å². The van der Waals surface area contributed by atoms with Crippen molar-refractivity contribution >= 4 is 15.9 Å². The van der Waals surface area contributed by atoms with Crippen molar-refractivity contribution in [2.45, 2.75) is 44.7 Å². The number of hydrogen-bond donors (Lipinski definition) is 2. The number of hydrogen-bond acceptors (Lipinski definition) is 3. The SMILES string of the molecule is Cc1cccc(CNS(=O)(=O)c2cccc(C(=O)NC(C)(C)C)c2)c1. The molecule has 0 unspecified atom stereocenters. The van der Waals surface area contributed by atoms with Crippen LogP contribution >= 0.6 is 0 Å². The van der Waals surface area contributed by atoms with Crippen molar-refractivity contribution in [3.05, 3.63) is 65.2 Å². The summed E-state index contributed by atoms with van der Waals surface area (Å²) >= 11 is 0. The fourth-order valence-electron chi connectivity index (χ4n) is 2.30. The lowest BCUT2D eigenvalue weighted by molar-refractivity contribution is 0.0919. The fraction of sp³-hybridized carbons (Fsp3) is 0.316. The molecule has 0 atom stereocenters. The molecule has 0 heterocycles. The van der Waals surface area contributed by atoms with Gasteiger partial charge in [0, 0.05) is 17.6 Å². The Hall–Kier alpha value is -2.18. The van der Waals surface area contributed by atoms with Crippen LogP contribution in [0.2, 0.25) is 0 Å². The Labute approximate surface area is 149 Å². The van der Waals surface area contributed by atoms with Crippen LogP contribution in [-0.4, -0.2) is 19.9 Å². The fourth-order valence-corrected chi connectivity index (χ4v) is 3.36. The predicted molar refractivity (Wildman–Crippen MR) is 98.9 cm³/mol. The summed E-state index contributed by atoms with van der Waals surface area (Å²) in [5.41, 5.74) is 1.87. The largest absolute Gasteiger partial charge is 0.347 e. The summed E-state index contributed by atoms with van der Waals surface area (Å²) in [6.07, 6.45) is 0. The van der Waals surface area contributed by atoms with Crippen LogP contribution in [0.1, 0.15) is 42.3 Å². The van der Waals surface area contributed by atoms with E-state index in [1.807, 2.05) is 52.0 Å². The van der Waals surface area contributed by atoms with Crippen molar-refractivity contribution in [2.75, 3.05) is 0 Å². The highest BCUT2D eigenvalue weighted by Gasteiger charge is 2.19. The Balaban J connectivity index is 2.16. The van der Waals surface area contributed by atoms with Gasteiger partial charge in [-0.05, 0) is 51.5 Å². The maximum absolute atomic E-state index is 12.5. The highest BCUT2D eigenvalue weighted by atomic mass is 32.2. The standard InChI is InChI=1S/C19H24N2O3S/c1-14-7-5-8-15(11-14)13-20-25(23,24)17-10-6-9-16(12-17)18(22)21-19(2,3)4/h5-12,20H,13H2,1-4H3,(H,21,22). The normalized spacial score (nSPS) is 12.0. The minimum absolute atomic E-state index is 0.0710. The van der Waals surface area contributed by atoms with E-state index in [0.717, 1.165) is 11.1 Å². The number of carbonyl (C=O) groups is 1. The average molecular weight is 360 g/mol. The molecular formula is C19H24N2O3S. The van der Waals surface area contributed by atoms with Gasteiger partial charge in [-0.1, -0.05) is 35.9 Å². The van der Waals surface area contributed by atoms with Crippen LogP contribution in [0.3, 0.4) is 0 Å². The van der Waals surface area contributed by atoms with Crippen LogP contribution in [0, 0.1) is 6.92 Å². The molecule has 6 heteroatoms.